The van der Waals surface area contributed by atoms with Crippen molar-refractivity contribution >= 4 is 35.1 Å². The van der Waals surface area contributed by atoms with Crippen LogP contribution >= 0.6 is 23.2 Å². The number of benzene rings is 1. The molecule has 1 aromatic rings. The fourth-order valence-corrected chi connectivity index (χ4v) is 3.24. The van der Waals surface area contributed by atoms with Crippen LogP contribution in [-0.4, -0.2) is 24.5 Å². The van der Waals surface area contributed by atoms with Crippen LogP contribution in [0.4, 0.5) is 4.79 Å². The molecule has 1 saturated carbocycles. The number of hydrogen-bond acceptors (Lipinski definition) is 3. The Labute approximate surface area is 146 Å². The van der Waals surface area contributed by atoms with Crippen LogP contribution in [0.25, 0.3) is 0 Å². The van der Waals surface area contributed by atoms with Crippen molar-refractivity contribution in [1.29, 1.82) is 0 Å². The quantitative estimate of drug-likeness (QED) is 0.756. The molecule has 1 unspecified atom stereocenters. The Morgan fingerprint density at radius 2 is 1.96 bits per heavy atom. The van der Waals surface area contributed by atoms with E-state index in [9.17, 15) is 9.59 Å². The molecule has 2 rings (SSSR count). The number of nitrogens with one attached hydrogen (secondary N) is 3. The Balaban J connectivity index is 1.75. The SMILES string of the molecule is CC(NCC(=O)NC(=O)NC1CCCC1)c1ccc(Cl)cc1Cl. The molecular formula is C16H21Cl2N3O2. The molecule has 0 aliphatic heterocycles. The van der Waals surface area contributed by atoms with E-state index in [-0.39, 0.29) is 24.5 Å². The van der Waals surface area contributed by atoms with E-state index in [0.29, 0.717) is 10.0 Å². The van der Waals surface area contributed by atoms with E-state index in [1.165, 1.54) is 0 Å². The fraction of sp³-hybridized carbons (Fsp3) is 0.500. The summed E-state index contributed by atoms with van der Waals surface area (Å²) >= 11 is 12.0. The van der Waals surface area contributed by atoms with Gasteiger partial charge in [-0.25, -0.2) is 4.79 Å². The lowest BCUT2D eigenvalue weighted by molar-refractivity contribution is -0.119. The molecule has 1 aliphatic carbocycles. The highest BCUT2D eigenvalue weighted by Crippen LogP contribution is 2.25. The molecule has 126 valence electrons. The first-order valence-electron chi connectivity index (χ1n) is 7.74. The molecule has 1 aromatic carbocycles. The highest BCUT2D eigenvalue weighted by molar-refractivity contribution is 6.35. The smallest absolute Gasteiger partial charge is 0.321 e. The third-order valence-electron chi connectivity index (χ3n) is 3.94. The van der Waals surface area contributed by atoms with E-state index in [1.807, 2.05) is 13.0 Å². The van der Waals surface area contributed by atoms with Gasteiger partial charge in [0.05, 0.1) is 6.54 Å². The topological polar surface area (TPSA) is 70.2 Å². The van der Waals surface area contributed by atoms with Crippen LogP contribution in [0.3, 0.4) is 0 Å². The normalized spacial score (nSPS) is 16.1. The van der Waals surface area contributed by atoms with Gasteiger partial charge in [0, 0.05) is 22.1 Å². The second kappa shape index (κ2) is 8.52. The molecule has 5 nitrogen and oxygen atoms in total. The van der Waals surface area contributed by atoms with Crippen molar-refractivity contribution in [1.82, 2.24) is 16.0 Å². The van der Waals surface area contributed by atoms with Gasteiger partial charge < -0.3 is 10.6 Å². The maximum atomic E-state index is 11.8. The van der Waals surface area contributed by atoms with Crippen LogP contribution in [0.2, 0.25) is 10.0 Å². The average molecular weight is 358 g/mol. The van der Waals surface area contributed by atoms with Crippen molar-refractivity contribution in [3.05, 3.63) is 33.8 Å². The lowest BCUT2D eigenvalue weighted by atomic mass is 10.1. The summed E-state index contributed by atoms with van der Waals surface area (Å²) in [5, 5.41) is 9.28. The van der Waals surface area contributed by atoms with E-state index in [4.69, 9.17) is 23.2 Å². The first kappa shape index (κ1) is 18.0. The monoisotopic (exact) mass is 357 g/mol. The summed E-state index contributed by atoms with van der Waals surface area (Å²) < 4.78 is 0. The zero-order valence-electron chi connectivity index (χ0n) is 13.0. The number of halogens is 2. The zero-order chi connectivity index (χ0) is 16.8. The van der Waals surface area contributed by atoms with Crippen LogP contribution in [0.1, 0.15) is 44.2 Å². The highest BCUT2D eigenvalue weighted by atomic mass is 35.5. The van der Waals surface area contributed by atoms with E-state index in [0.717, 1.165) is 31.2 Å². The number of carbonyl (C=O) groups is 2. The minimum absolute atomic E-state index is 0.0260. The summed E-state index contributed by atoms with van der Waals surface area (Å²) in [5.74, 6) is -0.377. The molecule has 3 amide bonds. The molecule has 0 bridgehead atoms. The van der Waals surface area contributed by atoms with Gasteiger partial charge in [-0.2, -0.15) is 0 Å². The third-order valence-corrected chi connectivity index (χ3v) is 4.50. The Bertz CT molecular complexity index is 574. The fourth-order valence-electron chi connectivity index (χ4n) is 2.67. The molecule has 1 fully saturated rings. The van der Waals surface area contributed by atoms with Crippen LogP contribution < -0.4 is 16.0 Å². The van der Waals surface area contributed by atoms with Crippen LogP contribution in [0.5, 0.6) is 0 Å². The van der Waals surface area contributed by atoms with Crippen molar-refractivity contribution in [2.45, 2.75) is 44.7 Å². The summed E-state index contributed by atoms with van der Waals surface area (Å²) in [4.78, 5) is 23.5. The van der Waals surface area contributed by atoms with Gasteiger partial charge in [0.2, 0.25) is 5.91 Å². The Kier molecular flexibility index (Phi) is 6.69. The van der Waals surface area contributed by atoms with Gasteiger partial charge >= 0.3 is 6.03 Å². The van der Waals surface area contributed by atoms with Crippen LogP contribution in [0.15, 0.2) is 18.2 Å². The van der Waals surface area contributed by atoms with Crippen molar-refractivity contribution in [2.24, 2.45) is 0 Å². The summed E-state index contributed by atoms with van der Waals surface area (Å²) in [6, 6.07) is 4.83. The number of amides is 3. The zero-order valence-corrected chi connectivity index (χ0v) is 14.5. The number of hydrogen-bond donors (Lipinski definition) is 3. The largest absolute Gasteiger partial charge is 0.335 e. The summed E-state index contributed by atoms with van der Waals surface area (Å²) in [5.41, 5.74) is 0.847. The van der Waals surface area contributed by atoms with Gasteiger partial charge in [-0.1, -0.05) is 42.1 Å². The number of rotatable bonds is 5. The second-order valence-corrected chi connectivity index (χ2v) is 6.62. The second-order valence-electron chi connectivity index (χ2n) is 5.77. The Hall–Kier alpha value is -1.30. The predicted molar refractivity (Wildman–Crippen MR) is 91.8 cm³/mol. The first-order valence-corrected chi connectivity index (χ1v) is 8.50. The van der Waals surface area contributed by atoms with Gasteiger partial charge in [-0.15, -0.1) is 0 Å². The van der Waals surface area contributed by atoms with E-state index in [2.05, 4.69) is 16.0 Å². The van der Waals surface area contributed by atoms with Crippen molar-refractivity contribution in [3.63, 3.8) is 0 Å². The minimum Gasteiger partial charge on any atom is -0.335 e. The number of urea groups is 1. The Morgan fingerprint density at radius 1 is 1.26 bits per heavy atom. The molecule has 0 radical (unpaired) electrons. The van der Waals surface area contributed by atoms with Crippen molar-refractivity contribution < 1.29 is 9.59 Å². The van der Waals surface area contributed by atoms with E-state index < -0.39 is 6.03 Å². The molecule has 3 N–H and O–H groups in total. The number of carbonyl (C=O) groups excluding carboxylic acids is 2. The summed E-state index contributed by atoms with van der Waals surface area (Å²) in [6.45, 7) is 1.92. The number of imide groups is 1. The molecule has 23 heavy (non-hydrogen) atoms. The minimum atomic E-state index is -0.430. The molecule has 0 saturated heterocycles. The molecule has 0 heterocycles. The lowest BCUT2D eigenvalue weighted by Gasteiger charge is -2.16. The third kappa shape index (κ3) is 5.68. The van der Waals surface area contributed by atoms with Crippen LogP contribution in [0, 0.1) is 0 Å². The maximum absolute atomic E-state index is 11.8. The Morgan fingerprint density at radius 3 is 2.61 bits per heavy atom. The van der Waals surface area contributed by atoms with Gasteiger partial charge in [0.15, 0.2) is 0 Å². The molecule has 0 aromatic heterocycles. The van der Waals surface area contributed by atoms with Gasteiger partial charge in [-0.05, 0) is 37.5 Å². The van der Waals surface area contributed by atoms with Crippen LogP contribution in [-0.2, 0) is 4.79 Å². The predicted octanol–water partition coefficient (Wildman–Crippen LogP) is 3.41. The summed E-state index contributed by atoms with van der Waals surface area (Å²) in [7, 11) is 0. The van der Waals surface area contributed by atoms with Gasteiger partial charge in [-0.3, -0.25) is 10.1 Å². The van der Waals surface area contributed by atoms with E-state index in [1.54, 1.807) is 12.1 Å². The molecule has 7 heteroatoms. The van der Waals surface area contributed by atoms with Gasteiger partial charge in [0.25, 0.3) is 0 Å². The molecule has 0 spiro atoms. The highest BCUT2D eigenvalue weighted by Gasteiger charge is 2.18. The van der Waals surface area contributed by atoms with Crippen molar-refractivity contribution in [2.75, 3.05) is 6.54 Å². The standard InChI is InChI=1S/C16H21Cl2N3O2/c1-10(13-7-6-11(17)8-14(13)18)19-9-15(22)21-16(23)20-12-4-2-3-5-12/h6-8,10,12,19H,2-5,9H2,1H3,(H2,20,21,22,23). The maximum Gasteiger partial charge on any atom is 0.321 e. The summed E-state index contributed by atoms with van der Waals surface area (Å²) in [6.07, 6.45) is 4.21. The average Bonchev–Trinajstić information content (AvgIpc) is 2.97. The van der Waals surface area contributed by atoms with Crippen molar-refractivity contribution in [3.8, 4) is 0 Å². The molecular weight excluding hydrogens is 337 g/mol. The first-order chi connectivity index (χ1) is 11.0. The molecule has 1 atom stereocenters. The lowest BCUT2D eigenvalue weighted by Crippen LogP contribution is -2.46. The van der Waals surface area contributed by atoms with E-state index >= 15 is 0 Å². The van der Waals surface area contributed by atoms with Gasteiger partial charge in [0.1, 0.15) is 0 Å². The molecule has 1 aliphatic rings.